The minimum absolute atomic E-state index is 0.373. The number of alkyl halides is 4. The van der Waals surface area contributed by atoms with Crippen LogP contribution in [0, 0.1) is 0 Å². The van der Waals surface area contributed by atoms with Crippen LogP contribution in [0.3, 0.4) is 0 Å². The van der Waals surface area contributed by atoms with E-state index < -0.39 is 18.5 Å². The zero-order valence-electron chi connectivity index (χ0n) is 8.85. The lowest BCUT2D eigenvalue weighted by atomic mass is 10.1. The maximum Gasteiger partial charge on any atom is 0.397 e. The molecule has 0 saturated heterocycles. The molecule has 0 saturated carbocycles. The number of anilines is 1. The van der Waals surface area contributed by atoms with Crippen molar-refractivity contribution in [2.24, 2.45) is 0 Å². The van der Waals surface area contributed by atoms with Crippen molar-refractivity contribution in [1.82, 2.24) is 0 Å². The zero-order valence-corrected chi connectivity index (χ0v) is 10.4. The van der Waals surface area contributed by atoms with Crippen molar-refractivity contribution in [2.75, 3.05) is 10.6 Å². The van der Waals surface area contributed by atoms with Crippen LogP contribution in [0.25, 0.3) is 0 Å². The third kappa shape index (κ3) is 5.72. The quantitative estimate of drug-likeness (QED) is 0.847. The molecule has 0 bridgehead atoms. The Kier molecular flexibility index (Phi) is 4.99. The molecular formula is C11H11BrF3NO. The lowest BCUT2D eigenvalue weighted by Gasteiger charge is -2.08. The molecule has 1 aromatic carbocycles. The Balaban J connectivity index is 2.54. The van der Waals surface area contributed by atoms with Gasteiger partial charge in [-0.05, 0) is 24.1 Å². The van der Waals surface area contributed by atoms with E-state index in [1.807, 2.05) is 0 Å². The highest BCUT2D eigenvalue weighted by molar-refractivity contribution is 9.09. The van der Waals surface area contributed by atoms with Crippen molar-refractivity contribution >= 4 is 27.5 Å². The van der Waals surface area contributed by atoms with E-state index in [-0.39, 0.29) is 0 Å². The summed E-state index contributed by atoms with van der Waals surface area (Å²) in [6.07, 6.45) is -5.10. The van der Waals surface area contributed by atoms with Crippen LogP contribution < -0.4 is 5.32 Å². The van der Waals surface area contributed by atoms with Crippen molar-refractivity contribution in [2.45, 2.75) is 19.0 Å². The van der Waals surface area contributed by atoms with Crippen LogP contribution in [-0.2, 0) is 11.2 Å². The molecule has 94 valence electrons. The van der Waals surface area contributed by atoms with Gasteiger partial charge in [0.05, 0.1) is 0 Å². The Labute approximate surface area is 105 Å². The van der Waals surface area contributed by atoms with E-state index in [0.717, 1.165) is 17.3 Å². The highest BCUT2D eigenvalue weighted by Crippen LogP contribution is 2.20. The summed E-state index contributed by atoms with van der Waals surface area (Å²) in [7, 11) is 0. The fourth-order valence-corrected chi connectivity index (χ4v) is 1.71. The largest absolute Gasteiger partial charge is 0.397 e. The smallest absolute Gasteiger partial charge is 0.326 e. The van der Waals surface area contributed by atoms with Crippen molar-refractivity contribution in [3.63, 3.8) is 0 Å². The zero-order chi connectivity index (χ0) is 12.9. The molecule has 0 aromatic heterocycles. The van der Waals surface area contributed by atoms with E-state index in [1.165, 1.54) is 0 Å². The topological polar surface area (TPSA) is 29.1 Å². The van der Waals surface area contributed by atoms with Crippen molar-refractivity contribution in [1.29, 1.82) is 0 Å². The number of nitrogens with one attached hydrogen (secondary N) is 1. The molecule has 6 heteroatoms. The molecule has 0 radical (unpaired) electrons. The van der Waals surface area contributed by atoms with E-state index in [2.05, 4.69) is 21.2 Å². The molecule has 0 aliphatic carbocycles. The molecule has 1 aromatic rings. The SMILES string of the molecule is O=C(CC(F)(F)F)Nc1ccc(CCBr)cc1. The van der Waals surface area contributed by atoms with Crippen molar-refractivity contribution in [3.05, 3.63) is 29.8 Å². The number of amides is 1. The number of rotatable bonds is 4. The molecule has 1 N–H and O–H groups in total. The maximum atomic E-state index is 11.9. The summed E-state index contributed by atoms with van der Waals surface area (Å²) in [5, 5.41) is 3.01. The fraction of sp³-hybridized carbons (Fsp3) is 0.364. The van der Waals surface area contributed by atoms with Gasteiger partial charge in [-0.3, -0.25) is 4.79 Å². The minimum atomic E-state index is -4.47. The first-order chi connectivity index (χ1) is 7.90. The molecule has 2 nitrogen and oxygen atoms in total. The first-order valence-electron chi connectivity index (χ1n) is 4.92. The molecule has 0 unspecified atom stereocenters. The molecule has 1 amide bonds. The fourth-order valence-electron chi connectivity index (χ4n) is 1.25. The number of carbonyl (C=O) groups excluding carboxylic acids is 1. The van der Waals surface area contributed by atoms with E-state index in [9.17, 15) is 18.0 Å². The molecule has 0 fully saturated rings. The average Bonchev–Trinajstić information content (AvgIpc) is 2.18. The van der Waals surface area contributed by atoms with E-state index >= 15 is 0 Å². The van der Waals surface area contributed by atoms with Gasteiger partial charge in [-0.1, -0.05) is 28.1 Å². The lowest BCUT2D eigenvalue weighted by Crippen LogP contribution is -2.21. The van der Waals surface area contributed by atoms with Crippen molar-refractivity contribution < 1.29 is 18.0 Å². The second-order valence-electron chi connectivity index (χ2n) is 3.48. The van der Waals surface area contributed by atoms with Crippen LogP contribution in [0.4, 0.5) is 18.9 Å². The van der Waals surface area contributed by atoms with Crippen LogP contribution in [0.15, 0.2) is 24.3 Å². The van der Waals surface area contributed by atoms with Gasteiger partial charge < -0.3 is 5.32 Å². The Hall–Kier alpha value is -1.04. The van der Waals surface area contributed by atoms with Gasteiger partial charge in [0.25, 0.3) is 0 Å². The Morgan fingerprint density at radius 3 is 2.29 bits per heavy atom. The molecule has 0 aliphatic rings. The van der Waals surface area contributed by atoms with Crippen LogP contribution in [0.2, 0.25) is 0 Å². The third-order valence-electron chi connectivity index (χ3n) is 1.98. The summed E-state index contributed by atoms with van der Waals surface area (Å²) in [5.74, 6) is -1.05. The van der Waals surface area contributed by atoms with Gasteiger partial charge >= 0.3 is 6.18 Å². The third-order valence-corrected chi connectivity index (χ3v) is 2.38. The van der Waals surface area contributed by atoms with Crippen LogP contribution in [0.1, 0.15) is 12.0 Å². The van der Waals surface area contributed by atoms with Crippen LogP contribution in [-0.4, -0.2) is 17.4 Å². The number of halogens is 4. The summed E-state index contributed by atoms with van der Waals surface area (Å²) >= 11 is 3.28. The van der Waals surface area contributed by atoms with Crippen LogP contribution >= 0.6 is 15.9 Å². The molecule has 0 spiro atoms. The molecule has 0 atom stereocenters. The summed E-state index contributed by atoms with van der Waals surface area (Å²) in [6.45, 7) is 0. The minimum Gasteiger partial charge on any atom is -0.326 e. The first-order valence-corrected chi connectivity index (χ1v) is 6.04. The van der Waals surface area contributed by atoms with Crippen molar-refractivity contribution in [3.8, 4) is 0 Å². The maximum absolute atomic E-state index is 11.9. The average molecular weight is 310 g/mol. The highest BCUT2D eigenvalue weighted by Gasteiger charge is 2.31. The summed E-state index contributed by atoms with van der Waals surface area (Å²) in [5.41, 5.74) is 1.42. The van der Waals surface area contributed by atoms with Crippen LogP contribution in [0.5, 0.6) is 0 Å². The second-order valence-corrected chi connectivity index (χ2v) is 4.27. The summed E-state index contributed by atoms with van der Waals surface area (Å²) in [6, 6.07) is 6.72. The molecule has 0 heterocycles. The molecule has 17 heavy (non-hydrogen) atoms. The monoisotopic (exact) mass is 309 g/mol. The Bertz CT molecular complexity index is 375. The predicted molar refractivity (Wildman–Crippen MR) is 63.2 cm³/mol. The number of hydrogen-bond acceptors (Lipinski definition) is 1. The van der Waals surface area contributed by atoms with Gasteiger partial charge in [-0.2, -0.15) is 13.2 Å². The van der Waals surface area contributed by atoms with E-state index in [4.69, 9.17) is 0 Å². The molecular weight excluding hydrogens is 299 g/mol. The Morgan fingerprint density at radius 2 is 1.82 bits per heavy atom. The standard InChI is InChI=1S/C11H11BrF3NO/c12-6-5-8-1-3-9(4-2-8)16-10(17)7-11(13,14)15/h1-4H,5-7H2,(H,16,17). The highest BCUT2D eigenvalue weighted by atomic mass is 79.9. The van der Waals surface area contributed by atoms with E-state index in [1.54, 1.807) is 24.3 Å². The lowest BCUT2D eigenvalue weighted by molar-refractivity contribution is -0.150. The van der Waals surface area contributed by atoms with Gasteiger partial charge in [0.2, 0.25) is 5.91 Å². The number of aryl methyl sites for hydroxylation is 1. The second kappa shape index (κ2) is 6.05. The predicted octanol–water partition coefficient (Wildman–Crippen LogP) is 3.51. The van der Waals surface area contributed by atoms with Gasteiger partial charge in [-0.15, -0.1) is 0 Å². The normalized spacial score (nSPS) is 11.3. The summed E-state index contributed by atoms with van der Waals surface area (Å²) < 4.78 is 35.7. The van der Waals surface area contributed by atoms with Gasteiger partial charge in [0.15, 0.2) is 0 Å². The first kappa shape index (κ1) is 14.0. The van der Waals surface area contributed by atoms with Gasteiger partial charge in [-0.25, -0.2) is 0 Å². The Morgan fingerprint density at radius 1 is 1.24 bits per heavy atom. The molecule has 0 aliphatic heterocycles. The summed E-state index contributed by atoms with van der Waals surface area (Å²) in [4.78, 5) is 11.0. The number of benzene rings is 1. The van der Waals surface area contributed by atoms with Gasteiger partial charge in [0, 0.05) is 11.0 Å². The number of hydrogen-bond donors (Lipinski definition) is 1. The van der Waals surface area contributed by atoms with E-state index in [0.29, 0.717) is 5.69 Å². The number of carbonyl (C=O) groups is 1. The van der Waals surface area contributed by atoms with Gasteiger partial charge in [0.1, 0.15) is 6.42 Å². The molecule has 1 rings (SSSR count).